The number of carboxylic acids is 1. The summed E-state index contributed by atoms with van der Waals surface area (Å²) in [4.78, 5) is 33.8. The van der Waals surface area contributed by atoms with Crippen molar-refractivity contribution >= 4 is 28.0 Å². The Morgan fingerprint density at radius 2 is 1.88 bits per heavy atom. The molecular formula is C15H16O9S. The lowest BCUT2D eigenvalue weighted by molar-refractivity contribution is -0.141. The molecule has 0 saturated heterocycles. The first-order valence-electron chi connectivity index (χ1n) is 6.82. The van der Waals surface area contributed by atoms with Gasteiger partial charge in [-0.1, -0.05) is 12.6 Å². The summed E-state index contributed by atoms with van der Waals surface area (Å²) in [5, 5.41) is 9.17. The molecule has 0 spiro atoms. The number of esters is 2. The van der Waals surface area contributed by atoms with Crippen LogP contribution < -0.4 is 0 Å². The van der Waals surface area contributed by atoms with Crippen LogP contribution in [0.2, 0.25) is 0 Å². The zero-order valence-electron chi connectivity index (χ0n) is 13.4. The third-order valence-electron chi connectivity index (χ3n) is 2.84. The molecule has 25 heavy (non-hydrogen) atoms. The molecule has 0 aromatic heterocycles. The highest BCUT2D eigenvalue weighted by Gasteiger charge is 2.28. The van der Waals surface area contributed by atoms with E-state index in [1.165, 1.54) is 13.8 Å². The Kier molecular flexibility index (Phi) is 6.42. The fraction of sp³-hybridized carbons (Fsp3) is 0.267. The summed E-state index contributed by atoms with van der Waals surface area (Å²) >= 11 is 0. The molecule has 0 fully saturated rings. The van der Waals surface area contributed by atoms with Crippen LogP contribution in [0.25, 0.3) is 0 Å². The van der Waals surface area contributed by atoms with Gasteiger partial charge in [-0.15, -0.1) is 0 Å². The van der Waals surface area contributed by atoms with Crippen molar-refractivity contribution in [1.29, 1.82) is 0 Å². The number of carboxylic acid groups (broad SMARTS) is 1. The van der Waals surface area contributed by atoms with E-state index in [2.05, 4.69) is 6.58 Å². The Morgan fingerprint density at radius 1 is 1.28 bits per heavy atom. The summed E-state index contributed by atoms with van der Waals surface area (Å²) in [5.41, 5.74) is -1.34. The van der Waals surface area contributed by atoms with Gasteiger partial charge < -0.3 is 14.6 Å². The molecule has 0 amide bonds. The maximum atomic E-state index is 12.1. The van der Waals surface area contributed by atoms with Gasteiger partial charge in [-0.05, 0) is 26.0 Å². The van der Waals surface area contributed by atoms with Crippen LogP contribution >= 0.6 is 0 Å². The number of hydrogen-bond acceptors (Lipinski definition) is 7. The molecule has 1 rings (SSSR count). The van der Waals surface area contributed by atoms with Crippen LogP contribution in [0, 0.1) is 0 Å². The second-order valence-electron chi connectivity index (χ2n) is 5.05. The van der Waals surface area contributed by atoms with Crippen LogP contribution in [0.1, 0.15) is 34.6 Å². The van der Waals surface area contributed by atoms with Crippen molar-refractivity contribution in [3.8, 4) is 0 Å². The van der Waals surface area contributed by atoms with Crippen molar-refractivity contribution in [2.24, 2.45) is 0 Å². The Morgan fingerprint density at radius 3 is 2.36 bits per heavy atom. The van der Waals surface area contributed by atoms with Crippen molar-refractivity contribution in [3.05, 3.63) is 41.5 Å². The molecule has 0 aliphatic rings. The normalized spacial score (nSPS) is 12.1. The number of hydrogen-bond donors (Lipinski definition) is 2. The Balaban J connectivity index is 3.05. The number of aromatic carboxylic acids is 1. The molecule has 1 atom stereocenters. The van der Waals surface area contributed by atoms with E-state index in [1.807, 2.05) is 0 Å². The number of carbonyl (C=O) groups is 3. The summed E-state index contributed by atoms with van der Waals surface area (Å²) in [6.07, 6.45) is -0.938. The molecule has 10 heteroatoms. The molecule has 0 bridgehead atoms. The Labute approximate surface area is 143 Å². The average molecular weight is 372 g/mol. The zero-order chi connectivity index (χ0) is 19.4. The molecule has 0 radical (unpaired) electrons. The lowest BCUT2D eigenvalue weighted by Gasteiger charge is -2.15. The van der Waals surface area contributed by atoms with Gasteiger partial charge in [0.15, 0.2) is 0 Å². The Hall–Kier alpha value is -2.72. The molecule has 0 saturated carbocycles. The van der Waals surface area contributed by atoms with Gasteiger partial charge in [0.25, 0.3) is 10.1 Å². The van der Waals surface area contributed by atoms with E-state index < -0.39 is 50.2 Å². The zero-order valence-corrected chi connectivity index (χ0v) is 14.2. The minimum absolute atomic E-state index is 0.146. The van der Waals surface area contributed by atoms with E-state index in [0.29, 0.717) is 0 Å². The summed E-state index contributed by atoms with van der Waals surface area (Å²) in [5.74, 6) is -3.58. The predicted molar refractivity (Wildman–Crippen MR) is 83.9 cm³/mol. The van der Waals surface area contributed by atoms with E-state index >= 15 is 0 Å². The summed E-state index contributed by atoms with van der Waals surface area (Å²) in [6.45, 7) is 5.88. The van der Waals surface area contributed by atoms with Crippen LogP contribution in [-0.4, -0.2) is 48.7 Å². The molecule has 136 valence electrons. The third kappa shape index (κ3) is 5.40. The number of rotatable bonds is 7. The van der Waals surface area contributed by atoms with Gasteiger partial charge in [0.05, 0.1) is 11.1 Å². The minimum atomic E-state index is -4.86. The van der Waals surface area contributed by atoms with Crippen molar-refractivity contribution < 1.29 is 41.9 Å². The molecule has 1 aromatic rings. The maximum Gasteiger partial charge on any atom is 0.339 e. The summed E-state index contributed by atoms with van der Waals surface area (Å²) in [6, 6.07) is 2.96. The smallest absolute Gasteiger partial charge is 0.339 e. The van der Waals surface area contributed by atoms with Gasteiger partial charge in [-0.3, -0.25) is 4.55 Å². The third-order valence-corrected chi connectivity index (χ3v) is 3.74. The number of carbonyl (C=O) groups excluding carboxylic acids is 2. The number of ether oxygens (including phenoxy) is 2. The molecule has 9 nitrogen and oxygen atoms in total. The fourth-order valence-corrected chi connectivity index (χ4v) is 2.44. The maximum absolute atomic E-state index is 12.1. The predicted octanol–water partition coefficient (Wildman–Crippen LogP) is 1.30. The topological polar surface area (TPSA) is 144 Å². The molecule has 1 aromatic carbocycles. The molecular weight excluding hydrogens is 356 g/mol. The Bertz CT molecular complexity index is 823. The van der Waals surface area contributed by atoms with Gasteiger partial charge >= 0.3 is 17.9 Å². The quantitative estimate of drug-likeness (QED) is 0.411. The van der Waals surface area contributed by atoms with Crippen molar-refractivity contribution in [1.82, 2.24) is 0 Å². The second kappa shape index (κ2) is 7.90. The average Bonchev–Trinajstić information content (AvgIpc) is 2.50. The highest BCUT2D eigenvalue weighted by atomic mass is 32.2. The summed E-state index contributed by atoms with van der Waals surface area (Å²) in [7, 11) is -4.86. The van der Waals surface area contributed by atoms with E-state index in [1.54, 1.807) is 0 Å². The fourth-order valence-electron chi connectivity index (χ4n) is 1.73. The van der Waals surface area contributed by atoms with Gasteiger partial charge in [-0.25, -0.2) is 14.4 Å². The van der Waals surface area contributed by atoms with Gasteiger partial charge in [-0.2, -0.15) is 8.42 Å². The van der Waals surface area contributed by atoms with Gasteiger partial charge in [0.2, 0.25) is 0 Å². The first-order chi connectivity index (χ1) is 11.4. The first-order valence-corrected chi connectivity index (χ1v) is 8.26. The molecule has 0 unspecified atom stereocenters. The first kappa shape index (κ1) is 20.3. The van der Waals surface area contributed by atoms with Crippen LogP contribution in [0.4, 0.5) is 0 Å². The van der Waals surface area contributed by atoms with Crippen molar-refractivity contribution in [2.75, 3.05) is 6.61 Å². The standard InChI is InChI=1S/C15H16O9S/c1-8(2)14(18)23-7-9(3)24-15(19)10-5-4-6-11(25(20,21)22)12(10)13(16)17/h4-6,9H,1,7H2,2-3H3,(H,16,17)(H,20,21,22)/t9-/m1/s1. The van der Waals surface area contributed by atoms with Crippen molar-refractivity contribution in [3.63, 3.8) is 0 Å². The molecule has 0 aliphatic carbocycles. The largest absolute Gasteiger partial charge is 0.478 e. The van der Waals surface area contributed by atoms with E-state index in [4.69, 9.17) is 19.1 Å². The van der Waals surface area contributed by atoms with Crippen LogP contribution in [0.15, 0.2) is 35.2 Å². The van der Waals surface area contributed by atoms with Gasteiger partial charge in [0, 0.05) is 5.57 Å². The highest BCUT2D eigenvalue weighted by molar-refractivity contribution is 7.86. The van der Waals surface area contributed by atoms with Crippen LogP contribution in [-0.2, 0) is 24.4 Å². The lowest BCUT2D eigenvalue weighted by atomic mass is 10.1. The van der Waals surface area contributed by atoms with Crippen molar-refractivity contribution in [2.45, 2.75) is 24.8 Å². The van der Waals surface area contributed by atoms with Crippen LogP contribution in [0.5, 0.6) is 0 Å². The SMILES string of the molecule is C=C(C)C(=O)OC[C@@H](C)OC(=O)c1cccc(S(=O)(=O)O)c1C(=O)O. The lowest BCUT2D eigenvalue weighted by Crippen LogP contribution is -2.24. The highest BCUT2D eigenvalue weighted by Crippen LogP contribution is 2.21. The molecule has 0 heterocycles. The second-order valence-corrected chi connectivity index (χ2v) is 6.44. The van der Waals surface area contributed by atoms with E-state index in [0.717, 1.165) is 18.2 Å². The van der Waals surface area contributed by atoms with E-state index in [9.17, 15) is 22.8 Å². The number of benzene rings is 1. The summed E-state index contributed by atoms with van der Waals surface area (Å²) < 4.78 is 41.4. The molecule has 2 N–H and O–H groups in total. The monoisotopic (exact) mass is 372 g/mol. The minimum Gasteiger partial charge on any atom is -0.478 e. The molecule has 0 aliphatic heterocycles. The van der Waals surface area contributed by atoms with Gasteiger partial charge in [0.1, 0.15) is 17.6 Å². The van der Waals surface area contributed by atoms with Crippen LogP contribution in [0.3, 0.4) is 0 Å². The van der Waals surface area contributed by atoms with E-state index in [-0.39, 0.29) is 12.2 Å².